The minimum Gasteiger partial charge on any atom is -0.458 e. The number of esters is 1. The minimum absolute atomic E-state index is 0.207. The zero-order chi connectivity index (χ0) is 11.9. The second-order valence-electron chi connectivity index (χ2n) is 3.87. The summed E-state index contributed by atoms with van der Waals surface area (Å²) in [6.45, 7) is 4.13. The smallest absolute Gasteiger partial charge is 0.312 e. The number of rotatable bonds is 3. The van der Waals surface area contributed by atoms with E-state index >= 15 is 0 Å². The summed E-state index contributed by atoms with van der Waals surface area (Å²) in [4.78, 5) is 16.9. The Morgan fingerprint density at radius 1 is 1.62 bits per heavy atom. The summed E-state index contributed by atoms with van der Waals surface area (Å²) in [5, 5.41) is 0.804. The molecule has 1 fully saturated rings. The van der Waals surface area contributed by atoms with Crippen LogP contribution in [0.1, 0.15) is 22.0 Å². The van der Waals surface area contributed by atoms with Gasteiger partial charge in [0.25, 0.3) is 0 Å². The third-order valence-corrected chi connectivity index (χ3v) is 4.40. The third kappa shape index (κ3) is 2.50. The molecule has 0 radical (unpaired) electrons. The Bertz CT molecular complexity index is 411. The zero-order valence-electron chi connectivity index (χ0n) is 8.92. The van der Waals surface area contributed by atoms with Gasteiger partial charge in [-0.2, -0.15) is 0 Å². The number of aromatic nitrogens is 1. The SMILES string of the molecule is Cc1nc(COC(=O)[C@H]2CC2(Cl)Cl)sc1C. The number of carbonyl (C=O) groups is 1. The Balaban J connectivity index is 1.86. The fourth-order valence-corrected chi connectivity index (χ4v) is 2.64. The minimum atomic E-state index is -0.911. The topological polar surface area (TPSA) is 39.2 Å². The Morgan fingerprint density at radius 2 is 2.25 bits per heavy atom. The Morgan fingerprint density at radius 3 is 2.69 bits per heavy atom. The van der Waals surface area contributed by atoms with Crippen molar-refractivity contribution in [3.8, 4) is 0 Å². The fourth-order valence-electron chi connectivity index (χ4n) is 1.30. The van der Waals surface area contributed by atoms with Gasteiger partial charge in [-0.15, -0.1) is 34.5 Å². The predicted molar refractivity (Wildman–Crippen MR) is 63.9 cm³/mol. The van der Waals surface area contributed by atoms with Crippen molar-refractivity contribution in [2.24, 2.45) is 5.92 Å². The molecule has 6 heteroatoms. The molecule has 1 aliphatic rings. The van der Waals surface area contributed by atoms with Crippen molar-refractivity contribution in [1.82, 2.24) is 4.98 Å². The maximum Gasteiger partial charge on any atom is 0.312 e. The summed E-state index contributed by atoms with van der Waals surface area (Å²) < 4.78 is 4.19. The summed E-state index contributed by atoms with van der Waals surface area (Å²) in [6, 6.07) is 0. The predicted octanol–water partition coefficient (Wildman–Crippen LogP) is 3.00. The van der Waals surface area contributed by atoms with Crippen LogP contribution in [0.2, 0.25) is 0 Å². The number of hydrogen-bond acceptors (Lipinski definition) is 4. The van der Waals surface area contributed by atoms with Crippen LogP contribution in [-0.2, 0) is 16.1 Å². The Labute approximate surface area is 108 Å². The first-order valence-corrected chi connectivity index (χ1v) is 6.45. The molecule has 1 aliphatic carbocycles. The zero-order valence-corrected chi connectivity index (χ0v) is 11.2. The Kier molecular flexibility index (Phi) is 3.16. The van der Waals surface area contributed by atoms with Gasteiger partial charge in [0.15, 0.2) is 0 Å². The molecule has 1 saturated carbocycles. The van der Waals surface area contributed by atoms with E-state index in [0.29, 0.717) is 6.42 Å². The van der Waals surface area contributed by atoms with Crippen molar-refractivity contribution in [3.63, 3.8) is 0 Å². The van der Waals surface area contributed by atoms with Crippen LogP contribution < -0.4 is 0 Å². The van der Waals surface area contributed by atoms with E-state index in [4.69, 9.17) is 27.9 Å². The number of ether oxygens (including phenoxy) is 1. The number of thiazole rings is 1. The molecule has 2 rings (SSSR count). The standard InChI is InChI=1S/C10H11Cl2NO2S/c1-5-6(2)16-8(13-5)4-15-9(14)7-3-10(7,11)12/h7H,3-4H2,1-2H3/t7-/m1/s1. The van der Waals surface area contributed by atoms with Gasteiger partial charge in [0.2, 0.25) is 0 Å². The second-order valence-corrected chi connectivity index (χ2v) is 6.70. The molecule has 0 saturated heterocycles. The molecule has 0 bridgehead atoms. The highest BCUT2D eigenvalue weighted by atomic mass is 35.5. The molecule has 0 aliphatic heterocycles. The molecular weight excluding hydrogens is 269 g/mol. The number of nitrogens with zero attached hydrogens (tertiary/aromatic N) is 1. The molecule has 3 nitrogen and oxygen atoms in total. The van der Waals surface area contributed by atoms with Gasteiger partial charge >= 0.3 is 5.97 Å². The summed E-state index contributed by atoms with van der Waals surface area (Å²) in [5.74, 6) is -0.714. The van der Waals surface area contributed by atoms with Gasteiger partial charge in [-0.25, -0.2) is 4.98 Å². The van der Waals surface area contributed by atoms with E-state index in [1.54, 1.807) is 0 Å². The summed E-state index contributed by atoms with van der Waals surface area (Å²) >= 11 is 13.1. The highest BCUT2D eigenvalue weighted by Crippen LogP contribution is 2.53. The van der Waals surface area contributed by atoms with E-state index in [2.05, 4.69) is 4.98 Å². The van der Waals surface area contributed by atoms with Gasteiger partial charge in [-0.3, -0.25) is 4.79 Å². The van der Waals surface area contributed by atoms with E-state index in [0.717, 1.165) is 15.6 Å². The lowest BCUT2D eigenvalue weighted by molar-refractivity contribution is -0.146. The van der Waals surface area contributed by atoms with Crippen molar-refractivity contribution in [3.05, 3.63) is 15.6 Å². The number of alkyl halides is 2. The maximum absolute atomic E-state index is 11.5. The molecule has 0 N–H and O–H groups in total. The van der Waals surface area contributed by atoms with Gasteiger partial charge in [-0.05, 0) is 20.3 Å². The highest BCUT2D eigenvalue weighted by Gasteiger charge is 2.57. The van der Waals surface area contributed by atoms with E-state index in [9.17, 15) is 4.79 Å². The number of carbonyl (C=O) groups excluding carboxylic acids is 1. The van der Waals surface area contributed by atoms with E-state index < -0.39 is 4.33 Å². The number of halogens is 2. The van der Waals surface area contributed by atoms with Crippen LogP contribution >= 0.6 is 34.5 Å². The van der Waals surface area contributed by atoms with Gasteiger partial charge in [0, 0.05) is 4.88 Å². The van der Waals surface area contributed by atoms with Crippen LogP contribution in [0.5, 0.6) is 0 Å². The fraction of sp³-hybridized carbons (Fsp3) is 0.600. The first kappa shape index (κ1) is 12.1. The molecule has 1 aromatic rings. The second kappa shape index (κ2) is 4.17. The van der Waals surface area contributed by atoms with Crippen molar-refractivity contribution in [1.29, 1.82) is 0 Å². The molecule has 88 valence electrons. The van der Waals surface area contributed by atoms with Gasteiger partial charge < -0.3 is 4.74 Å². The van der Waals surface area contributed by atoms with Crippen LogP contribution in [0, 0.1) is 19.8 Å². The van der Waals surface area contributed by atoms with Crippen LogP contribution in [0.3, 0.4) is 0 Å². The molecule has 16 heavy (non-hydrogen) atoms. The van der Waals surface area contributed by atoms with Gasteiger partial charge in [0.05, 0.1) is 11.6 Å². The van der Waals surface area contributed by atoms with Gasteiger partial charge in [0.1, 0.15) is 15.9 Å². The number of aryl methyl sites for hydroxylation is 2. The molecule has 0 aromatic carbocycles. The van der Waals surface area contributed by atoms with Crippen LogP contribution in [-0.4, -0.2) is 15.3 Å². The maximum atomic E-state index is 11.5. The molecule has 1 heterocycles. The van der Waals surface area contributed by atoms with E-state index in [-0.39, 0.29) is 18.5 Å². The van der Waals surface area contributed by atoms with Crippen molar-refractivity contribution in [2.75, 3.05) is 0 Å². The molecule has 0 unspecified atom stereocenters. The third-order valence-electron chi connectivity index (χ3n) is 2.52. The molecular formula is C10H11Cl2NO2S. The van der Waals surface area contributed by atoms with Crippen molar-refractivity contribution in [2.45, 2.75) is 31.2 Å². The molecule has 0 amide bonds. The quantitative estimate of drug-likeness (QED) is 0.631. The molecule has 1 aromatic heterocycles. The lowest BCUT2D eigenvalue weighted by atomic mass is 10.4. The van der Waals surface area contributed by atoms with Crippen LogP contribution in [0.15, 0.2) is 0 Å². The Hall–Kier alpha value is -0.320. The van der Waals surface area contributed by atoms with Crippen molar-refractivity contribution >= 4 is 40.5 Å². The summed E-state index contributed by atoms with van der Waals surface area (Å²) in [7, 11) is 0. The average Bonchev–Trinajstić information content (AvgIpc) is 2.71. The normalized spacial score (nSPS) is 21.9. The molecule has 1 atom stereocenters. The molecule has 0 spiro atoms. The first-order valence-electron chi connectivity index (χ1n) is 4.87. The highest BCUT2D eigenvalue weighted by molar-refractivity contribution is 7.11. The number of hydrogen-bond donors (Lipinski definition) is 0. The lowest BCUT2D eigenvalue weighted by Crippen LogP contribution is -2.10. The lowest BCUT2D eigenvalue weighted by Gasteiger charge is -2.01. The largest absolute Gasteiger partial charge is 0.458 e. The van der Waals surface area contributed by atoms with E-state index in [1.165, 1.54) is 11.3 Å². The van der Waals surface area contributed by atoms with Crippen molar-refractivity contribution < 1.29 is 9.53 Å². The monoisotopic (exact) mass is 279 g/mol. The average molecular weight is 280 g/mol. The first-order chi connectivity index (χ1) is 7.40. The van der Waals surface area contributed by atoms with Crippen LogP contribution in [0.4, 0.5) is 0 Å². The van der Waals surface area contributed by atoms with E-state index in [1.807, 2.05) is 13.8 Å². The van der Waals surface area contributed by atoms with Crippen LogP contribution in [0.25, 0.3) is 0 Å². The summed E-state index contributed by atoms with van der Waals surface area (Å²) in [5.41, 5.74) is 0.978. The van der Waals surface area contributed by atoms with Gasteiger partial charge in [-0.1, -0.05) is 0 Å². The summed E-state index contributed by atoms with van der Waals surface area (Å²) in [6.07, 6.45) is 0.477.